The zero-order chi connectivity index (χ0) is 26.8. The summed E-state index contributed by atoms with van der Waals surface area (Å²) in [5, 5.41) is 2.20. The molecule has 3 aromatic rings. The van der Waals surface area contributed by atoms with Gasteiger partial charge in [-0.05, 0) is 71.6 Å². The number of guanidine groups is 1. The Labute approximate surface area is 230 Å². The van der Waals surface area contributed by atoms with Gasteiger partial charge in [-0.15, -0.1) is 0 Å². The lowest BCUT2D eigenvalue weighted by Gasteiger charge is -2.41. The van der Waals surface area contributed by atoms with Crippen molar-refractivity contribution in [3.05, 3.63) is 108 Å². The second kappa shape index (κ2) is 10.7. The van der Waals surface area contributed by atoms with Gasteiger partial charge in [0.25, 0.3) is 5.91 Å². The number of nitrogens with two attached hydrogens (primary N) is 2. The van der Waals surface area contributed by atoms with Gasteiger partial charge in [0, 0.05) is 12.1 Å². The van der Waals surface area contributed by atoms with E-state index in [9.17, 15) is 4.79 Å². The van der Waals surface area contributed by atoms with E-state index in [0.29, 0.717) is 37.0 Å². The highest BCUT2D eigenvalue weighted by Crippen LogP contribution is 2.51. The minimum Gasteiger partial charge on any atom is -0.370 e. The van der Waals surface area contributed by atoms with Crippen LogP contribution >= 0.6 is 0 Å². The highest BCUT2D eigenvalue weighted by Gasteiger charge is 2.55. The molecule has 6 nitrogen and oxygen atoms in total. The zero-order valence-electron chi connectivity index (χ0n) is 22.2. The number of carbonyl (C=O) groups excluding carboxylic acids is 1. The molecule has 4 N–H and O–H groups in total. The Balaban J connectivity index is 1.31. The first-order valence-corrected chi connectivity index (χ1v) is 13.9. The number of fused-ring (bicyclic) bond motifs is 4. The molecule has 0 aromatic heterocycles. The Morgan fingerprint density at radius 3 is 2.46 bits per heavy atom. The number of carbonyl (C=O) groups is 1. The molecule has 200 valence electrons. The van der Waals surface area contributed by atoms with Crippen LogP contribution in [-0.4, -0.2) is 35.0 Å². The van der Waals surface area contributed by atoms with E-state index in [0.717, 1.165) is 47.6 Å². The number of aliphatic imine (C=N–C) groups is 1. The Kier molecular flexibility index (Phi) is 6.96. The number of allylic oxidation sites excluding steroid dienone is 2. The first-order valence-electron chi connectivity index (χ1n) is 13.9. The number of ether oxygens (including phenoxy) is 1. The normalized spacial score (nSPS) is 25.2. The zero-order valence-corrected chi connectivity index (χ0v) is 22.2. The molecule has 4 unspecified atom stereocenters. The van der Waals surface area contributed by atoms with E-state index in [4.69, 9.17) is 16.2 Å². The highest BCUT2D eigenvalue weighted by atomic mass is 16.5. The highest BCUT2D eigenvalue weighted by molar-refractivity contribution is 5.98. The van der Waals surface area contributed by atoms with Crippen LogP contribution in [0.3, 0.4) is 0 Å². The van der Waals surface area contributed by atoms with Crippen LogP contribution in [0.25, 0.3) is 10.8 Å². The Morgan fingerprint density at radius 1 is 0.897 bits per heavy atom. The minimum atomic E-state index is -0.365. The quantitative estimate of drug-likeness (QED) is 0.250. The van der Waals surface area contributed by atoms with Crippen molar-refractivity contribution >= 4 is 22.6 Å². The van der Waals surface area contributed by atoms with Crippen LogP contribution in [0, 0.1) is 11.8 Å². The molecule has 0 spiro atoms. The van der Waals surface area contributed by atoms with Gasteiger partial charge in [0.1, 0.15) is 0 Å². The van der Waals surface area contributed by atoms with Crippen LogP contribution in [0.2, 0.25) is 0 Å². The van der Waals surface area contributed by atoms with Crippen LogP contribution in [-0.2, 0) is 17.8 Å². The molecule has 3 aliphatic rings. The van der Waals surface area contributed by atoms with E-state index in [-0.39, 0.29) is 23.6 Å². The average molecular weight is 521 g/mol. The molecule has 1 heterocycles. The lowest BCUT2D eigenvalue weighted by Crippen LogP contribution is -2.50. The fourth-order valence-corrected chi connectivity index (χ4v) is 6.66. The summed E-state index contributed by atoms with van der Waals surface area (Å²) in [6, 6.07) is 22.3. The number of hydrogen-bond acceptors (Lipinski definition) is 3. The molecule has 1 saturated heterocycles. The van der Waals surface area contributed by atoms with Gasteiger partial charge in [-0.2, -0.15) is 0 Å². The first kappa shape index (κ1) is 25.4. The van der Waals surface area contributed by atoms with Crippen LogP contribution in [0.5, 0.6) is 0 Å². The molecule has 0 saturated carbocycles. The van der Waals surface area contributed by atoms with Crippen LogP contribution in [0.1, 0.15) is 47.2 Å². The maximum atomic E-state index is 14.2. The van der Waals surface area contributed by atoms with Crippen molar-refractivity contribution in [2.75, 3.05) is 6.54 Å². The van der Waals surface area contributed by atoms with Crippen molar-refractivity contribution < 1.29 is 9.53 Å². The average Bonchev–Trinajstić information content (AvgIpc) is 3.30. The lowest BCUT2D eigenvalue weighted by molar-refractivity contribution is -0.0741. The molecule has 0 radical (unpaired) electrons. The molecule has 6 rings (SSSR count). The van der Waals surface area contributed by atoms with Crippen molar-refractivity contribution in [2.45, 2.75) is 50.5 Å². The molecule has 0 bridgehead atoms. The van der Waals surface area contributed by atoms with Crippen LogP contribution < -0.4 is 11.5 Å². The van der Waals surface area contributed by atoms with Gasteiger partial charge in [0.2, 0.25) is 0 Å². The molecule has 1 aliphatic heterocycles. The summed E-state index contributed by atoms with van der Waals surface area (Å²) < 4.78 is 6.92. The number of hydrogen-bond donors (Lipinski definition) is 2. The molecule has 39 heavy (non-hydrogen) atoms. The summed E-state index contributed by atoms with van der Waals surface area (Å²) >= 11 is 0. The van der Waals surface area contributed by atoms with E-state index in [1.807, 2.05) is 47.4 Å². The van der Waals surface area contributed by atoms with Gasteiger partial charge in [-0.3, -0.25) is 4.79 Å². The molecule has 4 atom stereocenters. The second-order valence-electron chi connectivity index (χ2n) is 11.1. The van der Waals surface area contributed by atoms with E-state index in [2.05, 4.69) is 53.6 Å². The first-order chi connectivity index (χ1) is 19.0. The smallest absolute Gasteiger partial charge is 0.254 e. The fraction of sp³-hybridized carbons (Fsp3) is 0.333. The van der Waals surface area contributed by atoms with E-state index >= 15 is 0 Å². The van der Waals surface area contributed by atoms with Crippen molar-refractivity contribution in [2.24, 2.45) is 28.3 Å². The number of amides is 1. The van der Waals surface area contributed by atoms with Gasteiger partial charge in [0.05, 0.1) is 24.8 Å². The van der Waals surface area contributed by atoms with Crippen molar-refractivity contribution in [3.63, 3.8) is 0 Å². The third-order valence-corrected chi connectivity index (χ3v) is 8.60. The Morgan fingerprint density at radius 2 is 1.64 bits per heavy atom. The summed E-state index contributed by atoms with van der Waals surface area (Å²) in [6.45, 7) is 1.50. The second-order valence-corrected chi connectivity index (χ2v) is 11.1. The van der Waals surface area contributed by atoms with Gasteiger partial charge < -0.3 is 21.1 Å². The van der Waals surface area contributed by atoms with Crippen LogP contribution in [0.15, 0.2) is 96.0 Å². The maximum Gasteiger partial charge on any atom is 0.254 e. The van der Waals surface area contributed by atoms with Gasteiger partial charge in [0.15, 0.2) is 5.96 Å². The molecule has 6 heteroatoms. The standard InChI is InChI=1S/C33H36N4O2/c34-32(35)36-20-23-12-14-24(15-13-23)21-37(31(38)27-17-16-25-7-1-2-8-26(25)19-27)22-33-18-6-5-10-29(33)28-9-3-4-11-30(28)39-33/h1-8,12-17,19,28-30H,9-11,18,20-22H2,(H4,34,35,36). The molecule has 1 amide bonds. The third kappa shape index (κ3) is 5.21. The molecule has 3 aromatic carbocycles. The summed E-state index contributed by atoms with van der Waals surface area (Å²) in [6.07, 6.45) is 13.2. The topological polar surface area (TPSA) is 93.9 Å². The summed E-state index contributed by atoms with van der Waals surface area (Å²) in [4.78, 5) is 20.3. The monoisotopic (exact) mass is 520 g/mol. The van der Waals surface area contributed by atoms with E-state index in [1.165, 1.54) is 0 Å². The maximum absolute atomic E-state index is 14.2. The Bertz CT molecular complexity index is 1440. The minimum absolute atomic E-state index is 0.0320. The van der Waals surface area contributed by atoms with Crippen molar-refractivity contribution in [1.29, 1.82) is 0 Å². The lowest BCUT2D eigenvalue weighted by atomic mass is 9.70. The molecular formula is C33H36N4O2. The van der Waals surface area contributed by atoms with Crippen LogP contribution in [0.4, 0.5) is 0 Å². The predicted octanol–water partition coefficient (Wildman–Crippen LogP) is 5.33. The van der Waals surface area contributed by atoms with Crippen molar-refractivity contribution in [1.82, 2.24) is 4.90 Å². The van der Waals surface area contributed by atoms with E-state index < -0.39 is 0 Å². The molecule has 1 fully saturated rings. The number of benzene rings is 3. The summed E-state index contributed by atoms with van der Waals surface area (Å²) in [7, 11) is 0. The van der Waals surface area contributed by atoms with E-state index in [1.54, 1.807) is 0 Å². The van der Waals surface area contributed by atoms with Gasteiger partial charge in [-0.25, -0.2) is 4.99 Å². The fourth-order valence-electron chi connectivity index (χ4n) is 6.66. The molecular weight excluding hydrogens is 484 g/mol. The SMILES string of the molecule is NC(N)=NCc1ccc(CN(CC23CC=CCC2C2CC=CCC2O3)C(=O)c2ccc3ccccc3c2)cc1. The predicted molar refractivity (Wildman–Crippen MR) is 156 cm³/mol. The number of nitrogens with zero attached hydrogens (tertiary/aromatic N) is 2. The summed E-state index contributed by atoms with van der Waals surface area (Å²) in [5.41, 5.74) is 13.4. The third-order valence-electron chi connectivity index (χ3n) is 8.60. The molecule has 2 aliphatic carbocycles. The van der Waals surface area contributed by atoms with Crippen molar-refractivity contribution in [3.8, 4) is 0 Å². The Hall–Kier alpha value is -3.90. The largest absolute Gasteiger partial charge is 0.370 e. The van der Waals surface area contributed by atoms with Gasteiger partial charge in [-0.1, -0.05) is 78.9 Å². The number of rotatable bonds is 7. The van der Waals surface area contributed by atoms with Gasteiger partial charge >= 0.3 is 0 Å². The summed E-state index contributed by atoms with van der Waals surface area (Å²) in [5.74, 6) is 1.03.